The molecule has 0 unspecified atom stereocenters. The number of para-hydroxylation sites is 1. The van der Waals surface area contributed by atoms with Gasteiger partial charge < -0.3 is 43.0 Å². The van der Waals surface area contributed by atoms with Crippen LogP contribution >= 0.6 is 22.6 Å². The number of hydrogen-bond acceptors (Lipinski definition) is 11. The minimum atomic E-state index is -0.123. The Labute approximate surface area is 291 Å². The van der Waals surface area contributed by atoms with Crippen molar-refractivity contribution in [3.63, 3.8) is 0 Å². The highest BCUT2D eigenvalue weighted by atomic mass is 127. The predicted octanol–water partition coefficient (Wildman–Crippen LogP) is 4.92. The van der Waals surface area contributed by atoms with Crippen LogP contribution in [-0.4, -0.2) is 120 Å². The molecular weight excluding hydrogens is 721 g/mol. The van der Waals surface area contributed by atoms with Crippen molar-refractivity contribution < 1.29 is 47.8 Å². The van der Waals surface area contributed by atoms with Crippen molar-refractivity contribution in [1.82, 2.24) is 4.98 Å². The second kappa shape index (κ2) is 24.8. The molecule has 0 aliphatic rings. The Balaban J connectivity index is 1.21. The monoisotopic (exact) mass is 769 g/mol. The van der Waals surface area contributed by atoms with Crippen LogP contribution in [-0.2, 0) is 39.8 Å². The maximum absolute atomic E-state index is 13.3. The fourth-order valence-electron chi connectivity index (χ4n) is 4.53. The molecule has 2 aromatic carbocycles. The summed E-state index contributed by atoms with van der Waals surface area (Å²) in [7, 11) is 1.56. The van der Waals surface area contributed by atoms with Crippen LogP contribution in [0.4, 0.5) is 0 Å². The van der Waals surface area contributed by atoms with E-state index in [9.17, 15) is 9.90 Å². The average Bonchev–Trinajstić information content (AvgIpc) is 3.11. The molecule has 0 spiro atoms. The number of fused-ring (bicyclic) bond motifs is 1. The van der Waals surface area contributed by atoms with E-state index in [0.717, 1.165) is 27.5 Å². The van der Waals surface area contributed by atoms with E-state index >= 15 is 0 Å². The lowest BCUT2D eigenvalue weighted by atomic mass is 9.98. The Kier molecular flexibility index (Phi) is 20.7. The van der Waals surface area contributed by atoms with E-state index in [0.29, 0.717) is 121 Å². The predicted molar refractivity (Wildman–Crippen MR) is 188 cm³/mol. The maximum atomic E-state index is 13.3. The number of methoxy groups -OCH3 is 1. The molecule has 0 saturated carbocycles. The second-order valence-corrected chi connectivity index (χ2v) is 11.3. The highest BCUT2D eigenvalue weighted by Gasteiger charge is 2.15. The zero-order valence-electron chi connectivity index (χ0n) is 27.3. The Morgan fingerprint density at radius 1 is 0.702 bits per heavy atom. The summed E-state index contributed by atoms with van der Waals surface area (Å²) in [4.78, 5) is 18.1. The van der Waals surface area contributed by atoms with Crippen molar-refractivity contribution in [3.8, 4) is 17.0 Å². The average molecular weight is 770 g/mol. The van der Waals surface area contributed by atoms with Gasteiger partial charge in [0.2, 0.25) is 0 Å². The van der Waals surface area contributed by atoms with Crippen LogP contribution in [0.5, 0.6) is 5.75 Å². The first-order valence-corrected chi connectivity index (χ1v) is 17.5. The molecule has 0 aliphatic heterocycles. The number of carbonyl (C=O) groups excluding carboxylic acids is 1. The number of alkyl halides is 1. The number of ketones is 1. The van der Waals surface area contributed by atoms with Crippen molar-refractivity contribution in [2.75, 3.05) is 104 Å². The number of Topliss-reactive ketones (excluding diaryl/α,β-unsaturated/α-hetero) is 1. The Morgan fingerprint density at radius 2 is 1.23 bits per heavy atom. The molecule has 47 heavy (non-hydrogen) atoms. The number of ether oxygens (including phenoxy) is 8. The number of aliphatic hydroxyl groups is 1. The lowest BCUT2D eigenvalue weighted by molar-refractivity contribution is -0.0200. The van der Waals surface area contributed by atoms with Gasteiger partial charge in [-0.2, -0.15) is 0 Å². The molecule has 1 N–H and O–H groups in total. The fraction of sp³-hybridized carbons (Fsp3) is 0.543. The topological polar surface area (TPSA) is 124 Å². The van der Waals surface area contributed by atoms with E-state index in [1.165, 1.54) is 0 Å². The fourth-order valence-corrected chi connectivity index (χ4v) is 4.85. The summed E-state index contributed by atoms with van der Waals surface area (Å²) in [6.07, 6.45) is 0.951. The van der Waals surface area contributed by atoms with Crippen molar-refractivity contribution in [1.29, 1.82) is 0 Å². The summed E-state index contributed by atoms with van der Waals surface area (Å²) in [6, 6.07) is 15.0. The van der Waals surface area contributed by atoms with E-state index in [4.69, 9.17) is 42.9 Å². The number of aliphatic hydroxyl groups excluding tert-OH is 1. The van der Waals surface area contributed by atoms with Gasteiger partial charge in [0.25, 0.3) is 0 Å². The van der Waals surface area contributed by atoms with Crippen LogP contribution in [0.1, 0.15) is 28.8 Å². The van der Waals surface area contributed by atoms with Crippen LogP contribution in [0.25, 0.3) is 22.2 Å². The van der Waals surface area contributed by atoms with E-state index in [1.54, 1.807) is 13.2 Å². The first kappa shape index (κ1) is 39.2. The Bertz CT molecular complexity index is 1290. The molecule has 11 nitrogen and oxygen atoms in total. The van der Waals surface area contributed by atoms with Gasteiger partial charge in [0.15, 0.2) is 5.78 Å². The van der Waals surface area contributed by atoms with Crippen molar-refractivity contribution in [3.05, 3.63) is 59.7 Å². The highest BCUT2D eigenvalue weighted by molar-refractivity contribution is 14.1. The summed E-state index contributed by atoms with van der Waals surface area (Å²) in [5.74, 6) is 0.609. The first-order chi connectivity index (χ1) is 23.2. The van der Waals surface area contributed by atoms with Gasteiger partial charge in [0, 0.05) is 39.5 Å². The molecule has 0 fully saturated rings. The molecule has 0 aliphatic carbocycles. The van der Waals surface area contributed by atoms with Gasteiger partial charge in [-0.05, 0) is 24.6 Å². The van der Waals surface area contributed by atoms with E-state index < -0.39 is 0 Å². The standard InChI is InChI=1S/C35H48INO10/c1-40-35-25-28(8-9-29(35)27-38)33-26-31(30-5-2-3-6-32(30)37-33)34(39)7-4-11-41-13-15-43-17-19-45-21-23-47-24-22-46-20-18-44-16-14-42-12-10-36/h2-3,5-6,8-9,25-26,38H,4,7,10-24,27H2,1H3. The summed E-state index contributed by atoms with van der Waals surface area (Å²) in [6.45, 7) is 7.26. The number of pyridine rings is 1. The molecule has 0 bridgehead atoms. The largest absolute Gasteiger partial charge is 0.496 e. The second-order valence-electron chi connectivity index (χ2n) is 10.3. The normalized spacial score (nSPS) is 11.4. The summed E-state index contributed by atoms with van der Waals surface area (Å²) >= 11 is 2.27. The van der Waals surface area contributed by atoms with Gasteiger partial charge in [-0.1, -0.05) is 52.9 Å². The minimum absolute atomic E-state index is 0.0334. The molecule has 0 amide bonds. The molecule has 12 heteroatoms. The van der Waals surface area contributed by atoms with Crippen LogP contribution in [0.2, 0.25) is 0 Å². The molecule has 3 aromatic rings. The molecular formula is C35H48INO10. The smallest absolute Gasteiger partial charge is 0.163 e. The van der Waals surface area contributed by atoms with E-state index in [1.807, 2.05) is 42.5 Å². The molecule has 0 radical (unpaired) electrons. The zero-order chi connectivity index (χ0) is 33.4. The number of halogens is 1. The highest BCUT2D eigenvalue weighted by Crippen LogP contribution is 2.30. The molecule has 0 atom stereocenters. The SMILES string of the molecule is COc1cc(-c2cc(C(=O)CCCOCCOCCOCCOCCOCCOCCOCCI)c3ccccc3n2)ccc1CO. The third-order valence-corrected chi connectivity index (χ3v) is 7.36. The Hall–Kier alpha value is -2.27. The number of rotatable bonds is 28. The summed E-state index contributed by atoms with van der Waals surface area (Å²) in [5, 5.41) is 10.4. The maximum Gasteiger partial charge on any atom is 0.163 e. The lowest BCUT2D eigenvalue weighted by Gasteiger charge is -2.12. The lowest BCUT2D eigenvalue weighted by Crippen LogP contribution is -2.14. The third kappa shape index (κ3) is 15.2. The zero-order valence-corrected chi connectivity index (χ0v) is 29.5. The number of nitrogens with zero attached hydrogens (tertiary/aromatic N) is 1. The van der Waals surface area contributed by atoms with Crippen molar-refractivity contribution >= 4 is 39.3 Å². The number of benzene rings is 2. The van der Waals surface area contributed by atoms with Gasteiger partial charge >= 0.3 is 0 Å². The quantitative estimate of drug-likeness (QED) is 0.0469. The summed E-state index contributed by atoms with van der Waals surface area (Å²) in [5.41, 5.74) is 3.54. The Morgan fingerprint density at radius 3 is 1.77 bits per heavy atom. The van der Waals surface area contributed by atoms with E-state index in [-0.39, 0.29) is 12.4 Å². The van der Waals surface area contributed by atoms with Gasteiger partial charge in [-0.3, -0.25) is 4.79 Å². The van der Waals surface area contributed by atoms with Crippen LogP contribution < -0.4 is 4.74 Å². The summed E-state index contributed by atoms with van der Waals surface area (Å²) < 4.78 is 44.8. The minimum Gasteiger partial charge on any atom is -0.496 e. The molecule has 260 valence electrons. The number of carbonyl (C=O) groups is 1. The van der Waals surface area contributed by atoms with Crippen LogP contribution in [0.3, 0.4) is 0 Å². The van der Waals surface area contributed by atoms with E-state index in [2.05, 4.69) is 22.6 Å². The van der Waals surface area contributed by atoms with Crippen LogP contribution in [0.15, 0.2) is 48.5 Å². The van der Waals surface area contributed by atoms with Gasteiger partial charge in [0.1, 0.15) is 5.75 Å². The molecule has 1 aromatic heterocycles. The first-order valence-electron chi connectivity index (χ1n) is 16.0. The van der Waals surface area contributed by atoms with Crippen molar-refractivity contribution in [2.24, 2.45) is 0 Å². The van der Waals surface area contributed by atoms with Crippen LogP contribution in [0, 0.1) is 0 Å². The molecule has 1 heterocycles. The number of aromatic nitrogens is 1. The van der Waals surface area contributed by atoms with Gasteiger partial charge in [-0.15, -0.1) is 0 Å². The number of hydrogen-bond donors (Lipinski definition) is 1. The third-order valence-electron chi connectivity index (χ3n) is 6.92. The van der Waals surface area contributed by atoms with Gasteiger partial charge in [0.05, 0.1) is 111 Å². The molecule has 3 rings (SSSR count). The van der Waals surface area contributed by atoms with Crippen molar-refractivity contribution in [2.45, 2.75) is 19.4 Å². The molecule has 0 saturated heterocycles. The van der Waals surface area contributed by atoms with Gasteiger partial charge in [-0.25, -0.2) is 4.98 Å².